The Balaban J connectivity index is 2.45. The van der Waals surface area contributed by atoms with Gasteiger partial charge in [-0.2, -0.15) is 0 Å². The van der Waals surface area contributed by atoms with E-state index >= 15 is 0 Å². The van der Waals surface area contributed by atoms with E-state index in [1.54, 1.807) is 7.11 Å². The van der Waals surface area contributed by atoms with E-state index in [1.165, 1.54) is 16.7 Å². The lowest BCUT2D eigenvalue weighted by Gasteiger charge is -2.19. The van der Waals surface area contributed by atoms with Gasteiger partial charge in [0.05, 0.1) is 7.11 Å². The maximum Gasteiger partial charge on any atom is 0.119 e. The second-order valence-electron chi connectivity index (χ2n) is 4.71. The number of ether oxygens (including phenoxy) is 1. The summed E-state index contributed by atoms with van der Waals surface area (Å²) in [6.07, 6.45) is 2.91. The molecular formula is C18H20O. The molecule has 2 aromatic rings. The molecule has 0 aliphatic carbocycles. The van der Waals surface area contributed by atoms with Crippen molar-refractivity contribution in [2.24, 2.45) is 0 Å². The first kappa shape index (κ1) is 13.4. The van der Waals surface area contributed by atoms with Crippen LogP contribution in [0.5, 0.6) is 5.75 Å². The number of hydrogen-bond acceptors (Lipinski definition) is 1. The Morgan fingerprint density at radius 2 is 1.95 bits per heavy atom. The Morgan fingerprint density at radius 3 is 2.63 bits per heavy atom. The van der Waals surface area contributed by atoms with Crippen LogP contribution in [0.2, 0.25) is 0 Å². The molecule has 0 fully saturated rings. The highest BCUT2D eigenvalue weighted by atomic mass is 16.5. The maximum absolute atomic E-state index is 5.32. The van der Waals surface area contributed by atoms with Gasteiger partial charge in [0.25, 0.3) is 0 Å². The number of allylic oxidation sites excluding steroid dienone is 1. The zero-order valence-electron chi connectivity index (χ0n) is 11.6. The highest BCUT2D eigenvalue weighted by Gasteiger charge is 2.15. The van der Waals surface area contributed by atoms with Gasteiger partial charge >= 0.3 is 0 Å². The van der Waals surface area contributed by atoms with Crippen LogP contribution in [0.4, 0.5) is 0 Å². The van der Waals surface area contributed by atoms with E-state index in [9.17, 15) is 0 Å². The van der Waals surface area contributed by atoms with Gasteiger partial charge in [0, 0.05) is 5.92 Å². The Hall–Kier alpha value is -2.02. The third-order valence-electron chi connectivity index (χ3n) is 3.46. The minimum atomic E-state index is 0.341. The summed E-state index contributed by atoms with van der Waals surface area (Å²) in [6.45, 7) is 6.05. The Kier molecular flexibility index (Phi) is 4.40. The van der Waals surface area contributed by atoms with Crippen molar-refractivity contribution in [3.8, 4) is 5.75 Å². The van der Waals surface area contributed by atoms with Crippen molar-refractivity contribution in [2.45, 2.75) is 19.3 Å². The Morgan fingerprint density at radius 1 is 1.16 bits per heavy atom. The van der Waals surface area contributed by atoms with Crippen molar-refractivity contribution < 1.29 is 4.74 Å². The molecule has 0 aliphatic rings. The molecule has 1 atom stereocenters. The molecular weight excluding hydrogens is 232 g/mol. The van der Waals surface area contributed by atoms with Gasteiger partial charge in [-0.1, -0.05) is 42.5 Å². The van der Waals surface area contributed by atoms with Crippen LogP contribution in [-0.4, -0.2) is 7.11 Å². The molecule has 0 aliphatic heterocycles. The molecule has 0 N–H and O–H groups in total. The van der Waals surface area contributed by atoms with Gasteiger partial charge in [-0.3, -0.25) is 0 Å². The van der Waals surface area contributed by atoms with Gasteiger partial charge in [-0.15, -0.1) is 6.58 Å². The van der Waals surface area contributed by atoms with Crippen molar-refractivity contribution in [2.75, 3.05) is 7.11 Å². The lowest BCUT2D eigenvalue weighted by molar-refractivity contribution is 0.414. The summed E-state index contributed by atoms with van der Waals surface area (Å²) in [5, 5.41) is 0. The zero-order chi connectivity index (χ0) is 13.7. The van der Waals surface area contributed by atoms with Gasteiger partial charge in [0.1, 0.15) is 5.75 Å². The summed E-state index contributed by atoms with van der Waals surface area (Å²) in [5.41, 5.74) is 3.95. The minimum absolute atomic E-state index is 0.341. The molecule has 0 radical (unpaired) electrons. The molecule has 1 unspecified atom stereocenters. The predicted octanol–water partition coefficient (Wildman–Crippen LogP) is 4.71. The van der Waals surface area contributed by atoms with Gasteiger partial charge in [0.15, 0.2) is 0 Å². The first-order chi connectivity index (χ1) is 9.26. The smallest absolute Gasteiger partial charge is 0.119 e. The number of rotatable bonds is 5. The Bertz CT molecular complexity index is 557. The molecule has 0 spiro atoms. The molecule has 98 valence electrons. The van der Waals surface area contributed by atoms with E-state index in [0.29, 0.717) is 5.92 Å². The fourth-order valence-electron chi connectivity index (χ4n) is 2.45. The van der Waals surface area contributed by atoms with Crippen LogP contribution >= 0.6 is 0 Å². The average Bonchev–Trinajstić information content (AvgIpc) is 2.46. The quantitative estimate of drug-likeness (QED) is 0.700. The van der Waals surface area contributed by atoms with Crippen molar-refractivity contribution >= 4 is 0 Å². The molecule has 0 aromatic heterocycles. The molecule has 0 bridgehead atoms. The summed E-state index contributed by atoms with van der Waals surface area (Å²) >= 11 is 0. The maximum atomic E-state index is 5.32. The van der Waals surface area contributed by atoms with E-state index in [0.717, 1.165) is 12.2 Å². The molecule has 1 nitrogen and oxygen atoms in total. The summed E-state index contributed by atoms with van der Waals surface area (Å²) in [5.74, 6) is 1.24. The van der Waals surface area contributed by atoms with Crippen molar-refractivity contribution in [3.05, 3.63) is 77.9 Å². The third-order valence-corrected chi connectivity index (χ3v) is 3.46. The van der Waals surface area contributed by atoms with Crippen molar-refractivity contribution in [3.63, 3.8) is 0 Å². The monoisotopic (exact) mass is 252 g/mol. The standard InChI is InChI=1S/C18H20O/c1-4-8-18(17-12-6-5-9-14(17)2)15-10-7-11-16(13-15)19-3/h4-7,9-13,18H,1,8H2,2-3H3. The van der Waals surface area contributed by atoms with Crippen LogP contribution < -0.4 is 4.74 Å². The van der Waals surface area contributed by atoms with Gasteiger partial charge in [-0.05, 0) is 42.2 Å². The molecule has 1 heteroatoms. The largest absolute Gasteiger partial charge is 0.497 e. The summed E-state index contributed by atoms with van der Waals surface area (Å²) in [4.78, 5) is 0. The molecule has 0 heterocycles. The van der Waals surface area contributed by atoms with Crippen LogP contribution in [0, 0.1) is 6.92 Å². The van der Waals surface area contributed by atoms with Crippen LogP contribution in [-0.2, 0) is 0 Å². The second kappa shape index (κ2) is 6.24. The molecule has 2 rings (SSSR count). The first-order valence-corrected chi connectivity index (χ1v) is 6.56. The van der Waals surface area contributed by atoms with E-state index in [1.807, 2.05) is 18.2 Å². The summed E-state index contributed by atoms with van der Waals surface area (Å²) < 4.78 is 5.32. The summed E-state index contributed by atoms with van der Waals surface area (Å²) in [6, 6.07) is 16.8. The average molecular weight is 252 g/mol. The van der Waals surface area contributed by atoms with Gasteiger partial charge in [0.2, 0.25) is 0 Å². The van der Waals surface area contributed by atoms with Crippen LogP contribution in [0.15, 0.2) is 61.2 Å². The van der Waals surface area contributed by atoms with Crippen LogP contribution in [0.1, 0.15) is 29.0 Å². The van der Waals surface area contributed by atoms with E-state index in [-0.39, 0.29) is 0 Å². The first-order valence-electron chi connectivity index (χ1n) is 6.56. The highest BCUT2D eigenvalue weighted by molar-refractivity contribution is 5.40. The molecule has 0 saturated heterocycles. The molecule has 0 saturated carbocycles. The second-order valence-corrected chi connectivity index (χ2v) is 4.71. The van der Waals surface area contributed by atoms with E-state index in [4.69, 9.17) is 4.74 Å². The summed E-state index contributed by atoms with van der Waals surface area (Å²) in [7, 11) is 1.70. The zero-order valence-corrected chi connectivity index (χ0v) is 11.6. The topological polar surface area (TPSA) is 9.23 Å². The lowest BCUT2D eigenvalue weighted by Crippen LogP contribution is -2.02. The SMILES string of the molecule is C=CCC(c1cccc(OC)c1)c1ccccc1C. The highest BCUT2D eigenvalue weighted by Crippen LogP contribution is 2.32. The van der Waals surface area contributed by atoms with Crippen LogP contribution in [0.3, 0.4) is 0 Å². The Labute approximate surface area is 115 Å². The fourth-order valence-corrected chi connectivity index (χ4v) is 2.45. The van der Waals surface area contributed by atoms with Gasteiger partial charge < -0.3 is 4.74 Å². The third kappa shape index (κ3) is 3.05. The van der Waals surface area contributed by atoms with Crippen molar-refractivity contribution in [1.29, 1.82) is 0 Å². The predicted molar refractivity (Wildman–Crippen MR) is 80.8 cm³/mol. The van der Waals surface area contributed by atoms with E-state index in [2.05, 4.69) is 49.9 Å². The molecule has 0 amide bonds. The fraction of sp³-hybridized carbons (Fsp3) is 0.222. The van der Waals surface area contributed by atoms with Gasteiger partial charge in [-0.25, -0.2) is 0 Å². The van der Waals surface area contributed by atoms with Crippen LogP contribution in [0.25, 0.3) is 0 Å². The number of hydrogen-bond donors (Lipinski definition) is 0. The number of methoxy groups -OCH3 is 1. The normalized spacial score (nSPS) is 11.9. The molecule has 19 heavy (non-hydrogen) atoms. The minimum Gasteiger partial charge on any atom is -0.497 e. The number of aryl methyl sites for hydroxylation is 1. The lowest BCUT2D eigenvalue weighted by atomic mass is 9.86. The van der Waals surface area contributed by atoms with E-state index < -0.39 is 0 Å². The number of benzene rings is 2. The molecule has 2 aromatic carbocycles. The van der Waals surface area contributed by atoms with Crippen molar-refractivity contribution in [1.82, 2.24) is 0 Å².